The van der Waals surface area contributed by atoms with E-state index in [1.54, 1.807) is 18.4 Å². The van der Waals surface area contributed by atoms with Crippen LogP contribution in [0.1, 0.15) is 5.76 Å². The summed E-state index contributed by atoms with van der Waals surface area (Å²) in [5, 5.41) is 4.21. The molecule has 84 valence electrons. The second kappa shape index (κ2) is 5.04. The quantitative estimate of drug-likeness (QED) is 0.789. The zero-order valence-corrected chi connectivity index (χ0v) is 10.6. The Morgan fingerprint density at radius 3 is 2.56 bits per heavy atom. The van der Waals surface area contributed by atoms with E-state index in [4.69, 9.17) is 27.6 Å². The molecule has 1 aromatic heterocycles. The number of halogens is 2. The Morgan fingerprint density at radius 2 is 1.94 bits per heavy atom. The normalized spacial score (nSPS) is 10.4. The van der Waals surface area contributed by atoms with Crippen LogP contribution >= 0.6 is 35.8 Å². The summed E-state index contributed by atoms with van der Waals surface area (Å²) < 4.78 is 5.24. The van der Waals surface area contributed by atoms with Gasteiger partial charge in [-0.25, -0.2) is 0 Å². The molecule has 1 heterocycles. The zero-order chi connectivity index (χ0) is 11.5. The summed E-state index contributed by atoms with van der Waals surface area (Å²) in [6.45, 7) is 0. The van der Waals surface area contributed by atoms with Crippen LogP contribution in [0.5, 0.6) is 0 Å². The molecule has 1 aromatic carbocycles. The Morgan fingerprint density at radius 1 is 1.12 bits per heavy atom. The fourth-order valence-corrected chi connectivity index (χ4v) is 1.73. The highest BCUT2D eigenvalue weighted by atomic mass is 35.5. The highest BCUT2D eigenvalue weighted by molar-refractivity contribution is 7.79. The monoisotopic (exact) mass is 273 g/mol. The first-order chi connectivity index (χ1) is 7.69. The van der Waals surface area contributed by atoms with Gasteiger partial charge in [0.2, 0.25) is 0 Å². The predicted molar refractivity (Wildman–Crippen MR) is 71.1 cm³/mol. The lowest BCUT2D eigenvalue weighted by atomic mass is 10.3. The molecular weight excluding hydrogens is 265 g/mol. The highest BCUT2D eigenvalue weighted by Crippen LogP contribution is 2.27. The van der Waals surface area contributed by atoms with Crippen LogP contribution in [0, 0.1) is 0 Å². The maximum absolute atomic E-state index is 5.90. The maximum Gasteiger partial charge on any atom is 0.115 e. The van der Waals surface area contributed by atoms with Gasteiger partial charge in [-0.3, -0.25) is 0 Å². The van der Waals surface area contributed by atoms with Crippen LogP contribution in [0.15, 0.2) is 34.9 Å². The number of hydrogen-bond donors (Lipinski definition) is 2. The molecule has 0 spiro atoms. The first-order valence-electron chi connectivity index (χ1n) is 4.59. The minimum Gasteiger partial charge on any atom is -0.466 e. The van der Waals surface area contributed by atoms with Crippen LogP contribution in [0.2, 0.25) is 10.0 Å². The number of anilines is 2. The van der Waals surface area contributed by atoms with Gasteiger partial charge in [0.05, 0.1) is 15.7 Å². The molecule has 0 bridgehead atoms. The molecule has 0 radical (unpaired) electrons. The fraction of sp³-hybridized carbons (Fsp3) is 0.0909. The fourth-order valence-electron chi connectivity index (χ4n) is 1.27. The smallest absolute Gasteiger partial charge is 0.115 e. The van der Waals surface area contributed by atoms with Crippen molar-refractivity contribution < 1.29 is 4.42 Å². The van der Waals surface area contributed by atoms with E-state index in [1.807, 2.05) is 12.1 Å². The summed E-state index contributed by atoms with van der Waals surface area (Å²) in [5.41, 5.74) is 1.73. The summed E-state index contributed by atoms with van der Waals surface area (Å²) in [6.07, 6.45) is 1.63. The van der Waals surface area contributed by atoms with Gasteiger partial charge in [0.25, 0.3) is 0 Å². The lowest BCUT2D eigenvalue weighted by molar-refractivity contribution is 0.531. The van der Waals surface area contributed by atoms with Gasteiger partial charge < -0.3 is 9.73 Å². The first-order valence-corrected chi connectivity index (χ1v) is 5.98. The largest absolute Gasteiger partial charge is 0.466 e. The number of hydrogen-bond acceptors (Lipinski definition) is 3. The van der Waals surface area contributed by atoms with Crippen molar-refractivity contribution in [1.29, 1.82) is 0 Å². The molecule has 1 N–H and O–H groups in total. The first kappa shape index (κ1) is 11.7. The van der Waals surface area contributed by atoms with Crippen molar-refractivity contribution in [2.45, 2.75) is 5.75 Å². The maximum atomic E-state index is 5.90. The van der Waals surface area contributed by atoms with Crippen molar-refractivity contribution >= 4 is 47.2 Å². The van der Waals surface area contributed by atoms with Gasteiger partial charge >= 0.3 is 0 Å². The third-order valence-electron chi connectivity index (χ3n) is 2.02. The number of nitrogens with one attached hydrogen (secondary N) is 1. The molecule has 0 atom stereocenters. The highest BCUT2D eigenvalue weighted by Gasteiger charge is 2.02. The zero-order valence-electron chi connectivity index (χ0n) is 8.21. The van der Waals surface area contributed by atoms with E-state index in [1.165, 1.54) is 0 Å². The van der Waals surface area contributed by atoms with E-state index >= 15 is 0 Å². The lowest BCUT2D eigenvalue weighted by Crippen LogP contribution is -1.87. The van der Waals surface area contributed by atoms with Crippen molar-refractivity contribution in [3.63, 3.8) is 0 Å². The van der Waals surface area contributed by atoms with Crippen LogP contribution in [0.3, 0.4) is 0 Å². The van der Waals surface area contributed by atoms with E-state index < -0.39 is 0 Å². The molecule has 0 aliphatic heterocycles. The number of thiol groups is 1. The number of benzene rings is 1. The molecule has 2 rings (SSSR count). The molecule has 5 heteroatoms. The summed E-state index contributed by atoms with van der Waals surface area (Å²) >= 11 is 15.8. The third-order valence-corrected chi connectivity index (χ3v) is 3.07. The number of furan rings is 1. The van der Waals surface area contributed by atoms with Gasteiger partial charge in [0.1, 0.15) is 12.0 Å². The standard InChI is InChI=1S/C11H9Cl2NOS/c12-10-2-1-7(4-11(10)13)14-8-3-9(6-16)15-5-8/h1-5,14,16H,6H2. The molecule has 0 unspecified atom stereocenters. The SMILES string of the molecule is SCc1cc(Nc2ccc(Cl)c(Cl)c2)co1. The van der Waals surface area contributed by atoms with Crippen LogP contribution in [-0.2, 0) is 5.75 Å². The Labute approximate surface area is 109 Å². The molecule has 0 fully saturated rings. The van der Waals surface area contributed by atoms with Crippen molar-refractivity contribution in [3.8, 4) is 0 Å². The van der Waals surface area contributed by atoms with E-state index in [-0.39, 0.29) is 0 Å². The Hall–Kier alpha value is -0.770. The molecule has 2 nitrogen and oxygen atoms in total. The molecule has 2 aromatic rings. The van der Waals surface area contributed by atoms with Crippen LogP contribution in [-0.4, -0.2) is 0 Å². The summed E-state index contributed by atoms with van der Waals surface area (Å²) in [6, 6.07) is 7.24. The third kappa shape index (κ3) is 2.67. The van der Waals surface area contributed by atoms with Crippen LogP contribution in [0.25, 0.3) is 0 Å². The van der Waals surface area contributed by atoms with E-state index in [9.17, 15) is 0 Å². The molecular formula is C11H9Cl2NOS. The van der Waals surface area contributed by atoms with Gasteiger partial charge in [0, 0.05) is 17.5 Å². The van der Waals surface area contributed by atoms with Crippen molar-refractivity contribution in [3.05, 3.63) is 46.3 Å². The minimum atomic E-state index is 0.518. The van der Waals surface area contributed by atoms with E-state index in [0.29, 0.717) is 15.8 Å². The van der Waals surface area contributed by atoms with Crippen molar-refractivity contribution in [1.82, 2.24) is 0 Å². The molecule has 0 aliphatic carbocycles. The Kier molecular flexibility index (Phi) is 3.69. The van der Waals surface area contributed by atoms with Crippen LogP contribution in [0.4, 0.5) is 11.4 Å². The predicted octanol–water partition coefficient (Wildman–Crippen LogP) is 4.76. The van der Waals surface area contributed by atoms with Gasteiger partial charge in [-0.15, -0.1) is 0 Å². The van der Waals surface area contributed by atoms with Gasteiger partial charge in [0.15, 0.2) is 0 Å². The Balaban J connectivity index is 2.17. The molecule has 0 aliphatic rings. The summed E-state index contributed by atoms with van der Waals surface area (Å²) in [5.74, 6) is 1.38. The van der Waals surface area contributed by atoms with E-state index in [0.717, 1.165) is 17.1 Å². The molecule has 16 heavy (non-hydrogen) atoms. The second-order valence-corrected chi connectivity index (χ2v) is 4.34. The lowest BCUT2D eigenvalue weighted by Gasteiger charge is -2.04. The summed E-state index contributed by atoms with van der Waals surface area (Å²) in [4.78, 5) is 0. The second-order valence-electron chi connectivity index (χ2n) is 3.21. The van der Waals surface area contributed by atoms with Crippen molar-refractivity contribution in [2.24, 2.45) is 0 Å². The minimum absolute atomic E-state index is 0.518. The molecule has 0 saturated carbocycles. The number of rotatable bonds is 3. The van der Waals surface area contributed by atoms with E-state index in [2.05, 4.69) is 17.9 Å². The van der Waals surface area contributed by atoms with Crippen molar-refractivity contribution in [2.75, 3.05) is 5.32 Å². The van der Waals surface area contributed by atoms with Gasteiger partial charge in [-0.1, -0.05) is 23.2 Å². The topological polar surface area (TPSA) is 25.2 Å². The molecule has 0 saturated heterocycles. The van der Waals surface area contributed by atoms with Gasteiger partial charge in [-0.05, 0) is 18.2 Å². The Bertz CT molecular complexity index is 498. The van der Waals surface area contributed by atoms with Crippen LogP contribution < -0.4 is 5.32 Å². The van der Waals surface area contributed by atoms with Gasteiger partial charge in [-0.2, -0.15) is 12.6 Å². The average Bonchev–Trinajstić information content (AvgIpc) is 2.71. The summed E-state index contributed by atoms with van der Waals surface area (Å²) in [7, 11) is 0. The molecule has 0 amide bonds. The average molecular weight is 274 g/mol.